The fourth-order valence-corrected chi connectivity index (χ4v) is 33.8. The van der Waals surface area contributed by atoms with Crippen molar-refractivity contribution >= 4 is 27.7 Å². The highest BCUT2D eigenvalue weighted by Gasteiger charge is 2.59. The molecule has 0 aliphatic carbocycles. The van der Waals surface area contributed by atoms with Crippen molar-refractivity contribution < 1.29 is 4.43 Å². The standard InChI is InChI=1S/C13H24OSi3/c1-15(2)14-11-12-17(5,16(15,3)4)13-9-7-6-8-10-13/h6-10H,11-12H2,1-5H3. The maximum absolute atomic E-state index is 6.23. The van der Waals surface area contributed by atoms with Crippen molar-refractivity contribution in [3.63, 3.8) is 0 Å². The minimum atomic E-state index is -1.44. The second-order valence-electron chi connectivity index (χ2n) is 6.43. The third-order valence-corrected chi connectivity index (χ3v) is 44.6. The molecular formula is C13H24OSi3. The molecule has 1 atom stereocenters. The van der Waals surface area contributed by atoms with E-state index in [-0.39, 0.29) is 0 Å². The lowest BCUT2D eigenvalue weighted by Crippen LogP contribution is -2.79. The highest BCUT2D eigenvalue weighted by atomic mass is 29.6. The van der Waals surface area contributed by atoms with Crippen LogP contribution < -0.4 is 5.19 Å². The van der Waals surface area contributed by atoms with Crippen LogP contribution >= 0.6 is 0 Å². The molecule has 1 unspecified atom stereocenters. The lowest BCUT2D eigenvalue weighted by molar-refractivity contribution is 0.337. The van der Waals surface area contributed by atoms with Crippen LogP contribution in [0, 0.1) is 0 Å². The van der Waals surface area contributed by atoms with E-state index in [4.69, 9.17) is 4.43 Å². The van der Waals surface area contributed by atoms with E-state index in [9.17, 15) is 0 Å². The number of hydrogen-bond acceptors (Lipinski definition) is 1. The Morgan fingerprint density at radius 2 is 1.53 bits per heavy atom. The van der Waals surface area contributed by atoms with Gasteiger partial charge in [-0.05, 0) is 19.1 Å². The molecule has 1 aromatic carbocycles. The van der Waals surface area contributed by atoms with Crippen LogP contribution in [0.2, 0.25) is 38.8 Å². The molecule has 2 rings (SSSR count). The van der Waals surface area contributed by atoms with Gasteiger partial charge in [-0.3, -0.25) is 0 Å². The predicted molar refractivity (Wildman–Crippen MR) is 83.4 cm³/mol. The summed E-state index contributed by atoms with van der Waals surface area (Å²) in [5.74, 6) is 0. The van der Waals surface area contributed by atoms with E-state index in [1.807, 2.05) is 0 Å². The van der Waals surface area contributed by atoms with Crippen LogP contribution in [-0.2, 0) is 4.43 Å². The van der Waals surface area contributed by atoms with Crippen molar-refractivity contribution in [2.75, 3.05) is 6.61 Å². The van der Waals surface area contributed by atoms with E-state index in [0.717, 1.165) is 6.61 Å². The topological polar surface area (TPSA) is 9.23 Å². The largest absolute Gasteiger partial charge is 0.421 e. The molecule has 0 saturated carbocycles. The highest BCUT2D eigenvalue weighted by molar-refractivity contribution is 7.70. The normalized spacial score (nSPS) is 31.1. The smallest absolute Gasteiger partial charge is 0.171 e. The molecule has 0 amide bonds. The van der Waals surface area contributed by atoms with Crippen molar-refractivity contribution in [2.24, 2.45) is 0 Å². The maximum atomic E-state index is 6.23. The molecule has 0 bridgehead atoms. The lowest BCUT2D eigenvalue weighted by Gasteiger charge is -2.53. The first-order valence-electron chi connectivity index (χ1n) is 6.51. The average molecular weight is 281 g/mol. The van der Waals surface area contributed by atoms with Crippen LogP contribution in [0.3, 0.4) is 0 Å². The fraction of sp³-hybridized carbons (Fsp3) is 0.538. The first-order valence-corrected chi connectivity index (χ1v) is 17.1. The molecule has 0 radical (unpaired) electrons. The van der Waals surface area contributed by atoms with Crippen molar-refractivity contribution in [1.82, 2.24) is 0 Å². The zero-order chi connectivity index (χ0) is 12.7. The summed E-state index contributed by atoms with van der Waals surface area (Å²) < 4.78 is 6.23. The molecule has 1 heterocycles. The molecular weight excluding hydrogens is 256 g/mol. The highest BCUT2D eigenvalue weighted by Crippen LogP contribution is 2.36. The molecule has 1 aliphatic heterocycles. The van der Waals surface area contributed by atoms with Crippen LogP contribution in [-0.4, -0.2) is 29.1 Å². The number of hydrogen-bond donors (Lipinski definition) is 0. The first kappa shape index (κ1) is 13.3. The van der Waals surface area contributed by atoms with Gasteiger partial charge < -0.3 is 4.43 Å². The molecule has 1 aromatic rings. The molecule has 94 valence electrons. The number of benzene rings is 1. The molecule has 17 heavy (non-hydrogen) atoms. The molecule has 1 saturated heterocycles. The van der Waals surface area contributed by atoms with E-state index in [0.29, 0.717) is 0 Å². The SMILES string of the molecule is C[Si]1(C)OCC[Si](C)(c2ccccc2)[Si]1(C)C. The van der Waals surface area contributed by atoms with Crippen LogP contribution in [0.5, 0.6) is 0 Å². The molecule has 0 aromatic heterocycles. The van der Waals surface area contributed by atoms with Crippen molar-refractivity contribution in [3.05, 3.63) is 30.3 Å². The van der Waals surface area contributed by atoms with Gasteiger partial charge in [0.05, 0.1) is 14.7 Å². The first-order chi connectivity index (χ1) is 7.81. The Kier molecular flexibility index (Phi) is 3.27. The molecule has 1 fully saturated rings. The summed E-state index contributed by atoms with van der Waals surface area (Å²) in [5, 5.41) is 1.67. The van der Waals surface area contributed by atoms with Gasteiger partial charge in [0.2, 0.25) is 0 Å². The van der Waals surface area contributed by atoms with Gasteiger partial charge in [0.25, 0.3) is 0 Å². The molecule has 0 spiro atoms. The zero-order valence-electron chi connectivity index (χ0n) is 11.7. The Morgan fingerprint density at radius 1 is 0.941 bits per heavy atom. The Balaban J connectivity index is 2.50. The molecule has 0 N–H and O–H groups in total. The van der Waals surface area contributed by atoms with Crippen molar-refractivity contribution in [3.8, 4) is 0 Å². The van der Waals surface area contributed by atoms with Crippen LogP contribution in [0.25, 0.3) is 0 Å². The Morgan fingerprint density at radius 3 is 2.12 bits per heavy atom. The third kappa shape index (κ3) is 1.91. The van der Waals surface area contributed by atoms with Gasteiger partial charge in [-0.25, -0.2) is 0 Å². The Labute approximate surface area is 108 Å². The fourth-order valence-electron chi connectivity index (χ4n) is 2.98. The van der Waals surface area contributed by atoms with Crippen LogP contribution in [0.1, 0.15) is 0 Å². The monoisotopic (exact) mass is 280 g/mol. The van der Waals surface area contributed by atoms with Gasteiger partial charge in [-0.15, -0.1) is 0 Å². The second kappa shape index (κ2) is 4.19. The van der Waals surface area contributed by atoms with Gasteiger partial charge in [-0.1, -0.05) is 55.2 Å². The quantitative estimate of drug-likeness (QED) is 0.719. The van der Waals surface area contributed by atoms with Gasteiger partial charge in [0.15, 0.2) is 7.83 Å². The molecule has 4 heteroatoms. The molecule has 1 aliphatic rings. The zero-order valence-corrected chi connectivity index (χ0v) is 14.7. The van der Waals surface area contributed by atoms with Crippen LogP contribution in [0.4, 0.5) is 0 Å². The summed E-state index contributed by atoms with van der Waals surface area (Å²) in [6, 6.07) is 12.6. The van der Waals surface area contributed by atoms with Gasteiger partial charge >= 0.3 is 0 Å². The second-order valence-corrected chi connectivity index (χ2v) is 32.7. The van der Waals surface area contributed by atoms with Gasteiger partial charge in [0.1, 0.15) is 0 Å². The number of rotatable bonds is 1. The maximum Gasteiger partial charge on any atom is 0.171 e. The van der Waals surface area contributed by atoms with Crippen molar-refractivity contribution in [2.45, 2.75) is 38.8 Å². The lowest BCUT2D eigenvalue weighted by atomic mass is 10.4. The Hall–Kier alpha value is -0.169. The Bertz CT molecular complexity index is 402. The molecule has 1 nitrogen and oxygen atoms in total. The van der Waals surface area contributed by atoms with Crippen LogP contribution in [0.15, 0.2) is 30.3 Å². The summed E-state index contributed by atoms with van der Waals surface area (Å²) in [7, 11) is -3.99. The summed E-state index contributed by atoms with van der Waals surface area (Å²) in [6.45, 7) is 13.7. The minimum absolute atomic E-state index is 1.01. The van der Waals surface area contributed by atoms with E-state index in [1.165, 1.54) is 6.04 Å². The van der Waals surface area contributed by atoms with E-state index >= 15 is 0 Å². The predicted octanol–water partition coefficient (Wildman–Crippen LogP) is 3.07. The summed E-state index contributed by atoms with van der Waals surface area (Å²) in [6.07, 6.45) is 0. The summed E-state index contributed by atoms with van der Waals surface area (Å²) in [5.41, 5.74) is 0. The van der Waals surface area contributed by atoms with Crippen molar-refractivity contribution in [1.29, 1.82) is 0 Å². The minimum Gasteiger partial charge on any atom is -0.421 e. The van der Waals surface area contributed by atoms with E-state index in [2.05, 4.69) is 63.1 Å². The van der Waals surface area contributed by atoms with E-state index < -0.39 is 22.5 Å². The van der Waals surface area contributed by atoms with Gasteiger partial charge in [-0.2, -0.15) is 0 Å². The van der Waals surface area contributed by atoms with E-state index in [1.54, 1.807) is 5.19 Å². The third-order valence-electron chi connectivity index (χ3n) is 5.36. The summed E-state index contributed by atoms with van der Waals surface area (Å²) in [4.78, 5) is 0. The average Bonchev–Trinajstić information content (AvgIpc) is 2.27. The van der Waals surface area contributed by atoms with Gasteiger partial charge in [0, 0.05) is 6.61 Å². The summed E-state index contributed by atoms with van der Waals surface area (Å²) >= 11 is 0.